The van der Waals surface area contributed by atoms with Crippen molar-refractivity contribution in [3.63, 3.8) is 0 Å². The minimum absolute atomic E-state index is 0.211. The maximum absolute atomic E-state index is 12.6. The average Bonchev–Trinajstić information content (AvgIpc) is 2.41. The number of carbonyl (C=O) groups is 2. The van der Waals surface area contributed by atoms with E-state index in [4.69, 9.17) is 10.2 Å². The van der Waals surface area contributed by atoms with Crippen LogP contribution >= 0.6 is 12.6 Å². The van der Waals surface area contributed by atoms with Crippen LogP contribution in [-0.4, -0.2) is 45.2 Å². The number of halogens is 3. The predicted octanol–water partition coefficient (Wildman–Crippen LogP) is 1.32. The lowest BCUT2D eigenvalue weighted by Gasteiger charge is -2.21. The van der Waals surface area contributed by atoms with Crippen LogP contribution in [0.15, 0.2) is 18.2 Å². The summed E-state index contributed by atoms with van der Waals surface area (Å²) in [6.07, 6.45) is -5.21. The van der Waals surface area contributed by atoms with Crippen molar-refractivity contribution < 1.29 is 38.1 Å². The molecule has 0 radical (unpaired) electrons. The van der Waals surface area contributed by atoms with E-state index in [9.17, 15) is 27.9 Å². The summed E-state index contributed by atoms with van der Waals surface area (Å²) in [6.45, 7) is 0. The highest BCUT2D eigenvalue weighted by Crippen LogP contribution is 2.28. The van der Waals surface area contributed by atoms with E-state index in [1.165, 1.54) is 6.07 Å². The van der Waals surface area contributed by atoms with E-state index < -0.39 is 47.3 Å². The van der Waals surface area contributed by atoms with Crippen LogP contribution < -0.4 is 5.32 Å². The summed E-state index contributed by atoms with van der Waals surface area (Å²) in [5, 5.41) is 29.3. The van der Waals surface area contributed by atoms with Crippen molar-refractivity contribution in [1.29, 1.82) is 0 Å². The van der Waals surface area contributed by atoms with Crippen LogP contribution in [0.3, 0.4) is 0 Å². The smallest absolute Gasteiger partial charge is 0.401 e. The molecule has 0 bridgehead atoms. The Labute approximate surface area is 134 Å². The quantitative estimate of drug-likeness (QED) is 0.392. The first-order valence-corrected chi connectivity index (χ1v) is 6.91. The Hall–Kier alpha value is -2.10. The number of phenols is 2. The number of carboxylic acids is 1. The molecule has 1 rings (SSSR count). The zero-order valence-corrected chi connectivity index (χ0v) is 12.4. The Morgan fingerprint density at radius 2 is 1.83 bits per heavy atom. The molecule has 0 aromatic heterocycles. The number of nitrogens with one attached hydrogen (secondary N) is 1. The summed E-state index contributed by atoms with van der Waals surface area (Å²) < 4.78 is 37.9. The molecule has 0 saturated heterocycles. The molecule has 0 aliphatic carbocycles. The first-order chi connectivity index (χ1) is 10.6. The number of alkyl halides is 3. The van der Waals surface area contributed by atoms with E-state index in [2.05, 4.69) is 12.6 Å². The van der Waals surface area contributed by atoms with Crippen molar-refractivity contribution in [2.45, 2.75) is 18.6 Å². The second-order valence-electron chi connectivity index (χ2n) is 4.70. The summed E-state index contributed by atoms with van der Waals surface area (Å²) in [6, 6.07) is 1.79. The van der Waals surface area contributed by atoms with Gasteiger partial charge in [-0.05, 0) is 17.7 Å². The molecule has 0 saturated carbocycles. The number of thiol groups is 1. The fourth-order valence-corrected chi connectivity index (χ4v) is 2.11. The molecule has 23 heavy (non-hydrogen) atoms. The van der Waals surface area contributed by atoms with Gasteiger partial charge in [0.1, 0.15) is 12.0 Å². The lowest BCUT2D eigenvalue weighted by molar-refractivity contribution is -0.178. The summed E-state index contributed by atoms with van der Waals surface area (Å²) in [5.41, 5.74) is 0.211. The zero-order valence-electron chi connectivity index (χ0n) is 11.5. The number of aromatic hydroxyl groups is 2. The Bertz CT molecular complexity index is 593. The maximum atomic E-state index is 12.6. The molecule has 0 heterocycles. The van der Waals surface area contributed by atoms with Crippen LogP contribution in [0.2, 0.25) is 0 Å². The van der Waals surface area contributed by atoms with Crippen LogP contribution in [0, 0.1) is 5.92 Å². The van der Waals surface area contributed by atoms with Crippen molar-refractivity contribution in [2.75, 3.05) is 5.75 Å². The third-order valence-corrected chi connectivity index (χ3v) is 3.35. The molecule has 0 spiro atoms. The van der Waals surface area contributed by atoms with E-state index in [0.717, 1.165) is 12.1 Å². The summed E-state index contributed by atoms with van der Waals surface area (Å²) >= 11 is 3.46. The maximum Gasteiger partial charge on any atom is 0.401 e. The molecule has 1 unspecified atom stereocenters. The standard InChI is InChI=1S/C13H14F3NO5S/c14-13(15,16)7(5-23)11(20)17-8(12(21)22)3-6-1-2-9(18)10(19)4-6/h1-2,4,7-8,18-19,23H,3,5H2,(H,17,20)(H,21,22)/t7?,8-/m0/s1. The fourth-order valence-electron chi connectivity index (χ4n) is 1.74. The minimum atomic E-state index is -4.84. The molecular formula is C13H14F3NO5S. The number of phenolic OH excluding ortho intramolecular Hbond substituents is 2. The van der Waals surface area contributed by atoms with E-state index in [0.29, 0.717) is 0 Å². The van der Waals surface area contributed by atoms with Crippen LogP contribution in [-0.2, 0) is 16.0 Å². The fraction of sp³-hybridized carbons (Fsp3) is 0.385. The second-order valence-corrected chi connectivity index (χ2v) is 5.07. The average molecular weight is 353 g/mol. The molecule has 0 aliphatic heterocycles. The monoisotopic (exact) mass is 353 g/mol. The van der Waals surface area contributed by atoms with Crippen LogP contribution in [0.1, 0.15) is 5.56 Å². The van der Waals surface area contributed by atoms with Gasteiger partial charge in [-0.2, -0.15) is 25.8 Å². The van der Waals surface area contributed by atoms with Gasteiger partial charge >= 0.3 is 12.1 Å². The van der Waals surface area contributed by atoms with Crippen LogP contribution in [0.5, 0.6) is 11.5 Å². The SMILES string of the molecule is O=C(N[C@@H](Cc1ccc(O)c(O)c1)C(=O)O)C(CS)C(F)(F)F. The Balaban J connectivity index is 2.89. The second kappa shape index (κ2) is 7.44. The lowest BCUT2D eigenvalue weighted by Crippen LogP contribution is -2.48. The first kappa shape index (κ1) is 18.9. The normalized spacial score (nSPS) is 14.1. The highest BCUT2D eigenvalue weighted by atomic mass is 32.1. The van der Waals surface area contributed by atoms with Crippen molar-refractivity contribution in [3.8, 4) is 11.5 Å². The number of aliphatic carboxylic acids is 1. The highest BCUT2D eigenvalue weighted by Gasteiger charge is 2.44. The van der Waals surface area contributed by atoms with Gasteiger partial charge in [-0.3, -0.25) is 4.79 Å². The number of hydrogen-bond donors (Lipinski definition) is 5. The van der Waals surface area contributed by atoms with Gasteiger partial charge in [0, 0.05) is 12.2 Å². The number of carboxylic acid groups (broad SMARTS) is 1. The predicted molar refractivity (Wildman–Crippen MR) is 76.4 cm³/mol. The summed E-state index contributed by atoms with van der Waals surface area (Å²) in [4.78, 5) is 22.7. The minimum Gasteiger partial charge on any atom is -0.504 e. The molecule has 0 fully saturated rings. The third kappa shape index (κ3) is 5.23. The molecule has 1 aromatic carbocycles. The van der Waals surface area contributed by atoms with E-state index in [-0.39, 0.29) is 12.0 Å². The molecule has 6 nitrogen and oxygen atoms in total. The first-order valence-electron chi connectivity index (χ1n) is 6.28. The van der Waals surface area contributed by atoms with Crippen LogP contribution in [0.4, 0.5) is 13.2 Å². The van der Waals surface area contributed by atoms with Gasteiger partial charge in [-0.25, -0.2) is 4.79 Å². The molecule has 128 valence electrons. The molecule has 0 aliphatic rings. The molecule has 2 atom stereocenters. The lowest BCUT2D eigenvalue weighted by atomic mass is 10.0. The van der Waals surface area contributed by atoms with E-state index in [1.807, 2.05) is 0 Å². The molecule has 1 aromatic rings. The summed E-state index contributed by atoms with van der Waals surface area (Å²) in [5.74, 6) is -7.23. The molecular weight excluding hydrogens is 339 g/mol. The third-order valence-electron chi connectivity index (χ3n) is 2.99. The summed E-state index contributed by atoms with van der Waals surface area (Å²) in [7, 11) is 0. The van der Waals surface area contributed by atoms with Gasteiger partial charge < -0.3 is 20.6 Å². The zero-order chi connectivity index (χ0) is 17.8. The van der Waals surface area contributed by atoms with E-state index >= 15 is 0 Å². The van der Waals surface area contributed by atoms with Crippen molar-refractivity contribution in [1.82, 2.24) is 5.32 Å². The number of amides is 1. The molecule has 4 N–H and O–H groups in total. The largest absolute Gasteiger partial charge is 0.504 e. The topological polar surface area (TPSA) is 107 Å². The van der Waals surface area contributed by atoms with Crippen molar-refractivity contribution in [3.05, 3.63) is 23.8 Å². The highest BCUT2D eigenvalue weighted by molar-refractivity contribution is 7.80. The van der Waals surface area contributed by atoms with Gasteiger partial charge in [-0.15, -0.1) is 0 Å². The van der Waals surface area contributed by atoms with Gasteiger partial charge in [-0.1, -0.05) is 6.07 Å². The number of carbonyl (C=O) groups excluding carboxylic acids is 1. The van der Waals surface area contributed by atoms with Gasteiger partial charge in [0.05, 0.1) is 0 Å². The number of rotatable bonds is 6. The number of benzene rings is 1. The number of hydrogen-bond acceptors (Lipinski definition) is 5. The Kier molecular flexibility index (Phi) is 6.13. The van der Waals surface area contributed by atoms with E-state index in [1.54, 1.807) is 5.32 Å². The molecule has 10 heteroatoms. The Morgan fingerprint density at radius 1 is 1.22 bits per heavy atom. The Morgan fingerprint density at radius 3 is 2.26 bits per heavy atom. The van der Waals surface area contributed by atoms with Crippen molar-refractivity contribution in [2.24, 2.45) is 5.92 Å². The van der Waals surface area contributed by atoms with Crippen LogP contribution in [0.25, 0.3) is 0 Å². The van der Waals surface area contributed by atoms with Gasteiger partial charge in [0.25, 0.3) is 0 Å². The van der Waals surface area contributed by atoms with Gasteiger partial charge in [0.2, 0.25) is 5.91 Å². The van der Waals surface area contributed by atoms with Crippen molar-refractivity contribution >= 4 is 24.5 Å². The molecule has 1 amide bonds. The van der Waals surface area contributed by atoms with Gasteiger partial charge in [0.15, 0.2) is 11.5 Å².